The summed E-state index contributed by atoms with van der Waals surface area (Å²) in [4.78, 5) is 30.2. The van der Waals surface area contributed by atoms with Crippen LogP contribution >= 0.6 is 11.8 Å². The Bertz CT molecular complexity index is 558. The number of H-pyrrole nitrogens is 1. The number of nitrogens with one attached hydrogen (secondary N) is 2. The molecular formula is C15H23N3O2S. The second-order valence-corrected chi connectivity index (χ2v) is 6.89. The zero-order valence-electron chi connectivity index (χ0n) is 12.8. The lowest BCUT2D eigenvalue weighted by Gasteiger charge is -2.34. The smallest absolute Gasteiger partial charge is 0.251 e. The largest absolute Gasteiger partial charge is 0.352 e. The molecule has 0 unspecified atom stereocenters. The minimum Gasteiger partial charge on any atom is -0.352 e. The van der Waals surface area contributed by atoms with Crippen molar-refractivity contribution in [2.75, 3.05) is 5.75 Å². The zero-order valence-corrected chi connectivity index (χ0v) is 13.6. The number of amides is 1. The third-order valence-electron chi connectivity index (χ3n) is 4.24. The van der Waals surface area contributed by atoms with Crippen molar-refractivity contribution in [1.82, 2.24) is 15.3 Å². The highest BCUT2D eigenvalue weighted by atomic mass is 32.2. The number of hydrogen-bond donors (Lipinski definition) is 2. The van der Waals surface area contributed by atoms with Crippen LogP contribution < -0.4 is 10.9 Å². The standard InChI is InChI=1S/C15H23N3O2S/c1-9-5-4-6-12(11(9)3)17-14(20)8-21-15-16-10(2)7-13(19)18-15/h7,9,11-12H,4-6,8H2,1-3H3,(H,17,20)(H,16,18,19)/t9-,11+,12-/m1/s1. The Morgan fingerprint density at radius 2 is 2.24 bits per heavy atom. The fourth-order valence-corrected chi connectivity index (χ4v) is 3.52. The van der Waals surface area contributed by atoms with Crippen LogP contribution in [0.3, 0.4) is 0 Å². The van der Waals surface area contributed by atoms with Gasteiger partial charge in [0.15, 0.2) is 5.16 Å². The van der Waals surface area contributed by atoms with Gasteiger partial charge in [0.2, 0.25) is 5.91 Å². The Balaban J connectivity index is 1.86. The van der Waals surface area contributed by atoms with Crippen LogP contribution in [0, 0.1) is 18.8 Å². The van der Waals surface area contributed by atoms with Gasteiger partial charge in [-0.1, -0.05) is 38.5 Å². The van der Waals surface area contributed by atoms with Crippen LogP contribution in [0.2, 0.25) is 0 Å². The molecule has 0 saturated heterocycles. The van der Waals surface area contributed by atoms with Crippen LogP contribution in [0.15, 0.2) is 16.0 Å². The van der Waals surface area contributed by atoms with Gasteiger partial charge < -0.3 is 10.3 Å². The van der Waals surface area contributed by atoms with Crippen LogP contribution in [0.4, 0.5) is 0 Å². The fraction of sp³-hybridized carbons (Fsp3) is 0.667. The van der Waals surface area contributed by atoms with Gasteiger partial charge in [-0.25, -0.2) is 4.98 Å². The van der Waals surface area contributed by atoms with E-state index in [1.165, 1.54) is 30.7 Å². The zero-order chi connectivity index (χ0) is 15.4. The first-order valence-corrected chi connectivity index (χ1v) is 8.44. The van der Waals surface area contributed by atoms with Gasteiger partial charge in [-0.2, -0.15) is 0 Å². The minimum atomic E-state index is -0.180. The Hall–Kier alpha value is -1.30. The second kappa shape index (κ2) is 7.11. The first-order valence-electron chi connectivity index (χ1n) is 7.46. The van der Waals surface area contributed by atoms with E-state index in [9.17, 15) is 9.59 Å². The summed E-state index contributed by atoms with van der Waals surface area (Å²) >= 11 is 1.27. The maximum atomic E-state index is 12.1. The van der Waals surface area contributed by atoms with Crippen LogP contribution in [-0.2, 0) is 4.79 Å². The van der Waals surface area contributed by atoms with Crippen molar-refractivity contribution in [3.05, 3.63) is 22.1 Å². The highest BCUT2D eigenvalue weighted by Crippen LogP contribution is 2.29. The van der Waals surface area contributed by atoms with Gasteiger partial charge in [0.1, 0.15) is 0 Å². The number of carbonyl (C=O) groups is 1. The molecule has 5 nitrogen and oxygen atoms in total. The first-order chi connectivity index (χ1) is 9.95. The number of aromatic amines is 1. The molecule has 1 amide bonds. The molecule has 6 heteroatoms. The van der Waals surface area contributed by atoms with Gasteiger partial charge in [0.25, 0.3) is 5.56 Å². The summed E-state index contributed by atoms with van der Waals surface area (Å²) in [5.74, 6) is 1.47. The number of thioether (sulfide) groups is 1. The maximum Gasteiger partial charge on any atom is 0.251 e. The second-order valence-electron chi connectivity index (χ2n) is 5.92. The van der Waals surface area contributed by atoms with Crippen molar-refractivity contribution >= 4 is 17.7 Å². The van der Waals surface area contributed by atoms with Crippen molar-refractivity contribution in [3.8, 4) is 0 Å². The third kappa shape index (κ3) is 4.59. The molecule has 1 heterocycles. The fourth-order valence-electron chi connectivity index (χ4n) is 2.79. The molecule has 0 bridgehead atoms. The van der Waals surface area contributed by atoms with Crippen LogP contribution in [0.1, 0.15) is 38.8 Å². The van der Waals surface area contributed by atoms with Gasteiger partial charge >= 0.3 is 0 Å². The predicted octanol–water partition coefficient (Wildman–Crippen LogP) is 2.11. The highest BCUT2D eigenvalue weighted by molar-refractivity contribution is 7.99. The Kier molecular flexibility index (Phi) is 5.45. The Morgan fingerprint density at radius 3 is 2.95 bits per heavy atom. The molecule has 0 spiro atoms. The van der Waals surface area contributed by atoms with Gasteiger partial charge in [0.05, 0.1) is 5.75 Å². The molecule has 116 valence electrons. The number of nitrogens with zero attached hydrogens (tertiary/aromatic N) is 1. The number of rotatable bonds is 4. The number of hydrogen-bond acceptors (Lipinski definition) is 4. The molecule has 2 rings (SSSR count). The van der Waals surface area contributed by atoms with E-state index in [0.717, 1.165) is 6.42 Å². The highest BCUT2D eigenvalue weighted by Gasteiger charge is 2.27. The van der Waals surface area contributed by atoms with E-state index in [1.54, 1.807) is 6.92 Å². The number of aromatic nitrogens is 2. The van der Waals surface area contributed by atoms with E-state index in [1.807, 2.05) is 0 Å². The van der Waals surface area contributed by atoms with Crippen LogP contribution in [0.5, 0.6) is 0 Å². The molecular weight excluding hydrogens is 286 g/mol. The van der Waals surface area contributed by atoms with Crippen molar-refractivity contribution in [2.24, 2.45) is 11.8 Å². The van der Waals surface area contributed by atoms with Crippen molar-refractivity contribution in [3.63, 3.8) is 0 Å². The Labute approximate surface area is 129 Å². The summed E-state index contributed by atoms with van der Waals surface area (Å²) in [6, 6.07) is 1.71. The van der Waals surface area contributed by atoms with Crippen molar-refractivity contribution in [1.29, 1.82) is 0 Å². The van der Waals surface area contributed by atoms with Crippen molar-refractivity contribution < 1.29 is 4.79 Å². The van der Waals surface area contributed by atoms with Gasteiger partial charge in [-0.05, 0) is 25.2 Å². The predicted molar refractivity (Wildman–Crippen MR) is 84.4 cm³/mol. The average molecular weight is 309 g/mol. The lowest BCUT2D eigenvalue weighted by atomic mass is 9.78. The van der Waals surface area contributed by atoms with Gasteiger partial charge in [-0.15, -0.1) is 0 Å². The molecule has 0 radical (unpaired) electrons. The van der Waals surface area contributed by atoms with E-state index in [4.69, 9.17) is 0 Å². The summed E-state index contributed by atoms with van der Waals surface area (Å²) in [6.07, 6.45) is 3.48. The van der Waals surface area contributed by atoms with Gasteiger partial charge in [-0.3, -0.25) is 9.59 Å². The summed E-state index contributed by atoms with van der Waals surface area (Å²) in [6.45, 7) is 6.23. The molecule has 0 aromatic carbocycles. The number of carbonyl (C=O) groups excluding carboxylic acids is 1. The average Bonchev–Trinajstić information content (AvgIpc) is 2.41. The maximum absolute atomic E-state index is 12.1. The summed E-state index contributed by atoms with van der Waals surface area (Å²) in [5, 5.41) is 3.62. The normalized spacial score (nSPS) is 25.6. The molecule has 1 aliphatic rings. The van der Waals surface area contributed by atoms with E-state index in [-0.39, 0.29) is 23.3 Å². The topological polar surface area (TPSA) is 74.8 Å². The molecule has 0 aliphatic heterocycles. The minimum absolute atomic E-state index is 0.00936. The number of aryl methyl sites for hydroxylation is 1. The quantitative estimate of drug-likeness (QED) is 0.660. The first kappa shape index (κ1) is 16.1. The monoisotopic (exact) mass is 309 g/mol. The lowest BCUT2D eigenvalue weighted by Crippen LogP contribution is -2.44. The molecule has 3 atom stereocenters. The lowest BCUT2D eigenvalue weighted by molar-refractivity contribution is -0.120. The molecule has 1 saturated carbocycles. The van der Waals surface area contributed by atoms with Crippen LogP contribution in [-0.4, -0.2) is 27.7 Å². The molecule has 21 heavy (non-hydrogen) atoms. The van der Waals surface area contributed by atoms with E-state index >= 15 is 0 Å². The molecule has 1 fully saturated rings. The molecule has 1 aliphatic carbocycles. The SMILES string of the molecule is Cc1cc(=O)[nH]c(SCC(=O)N[C@@H]2CCC[C@@H](C)[C@@H]2C)n1. The third-order valence-corrected chi connectivity index (χ3v) is 5.11. The Morgan fingerprint density at radius 1 is 1.48 bits per heavy atom. The summed E-state index contributed by atoms with van der Waals surface area (Å²) < 4.78 is 0. The van der Waals surface area contributed by atoms with Crippen LogP contribution in [0.25, 0.3) is 0 Å². The molecule has 1 aromatic rings. The molecule has 1 aromatic heterocycles. The van der Waals surface area contributed by atoms with Crippen molar-refractivity contribution in [2.45, 2.75) is 51.2 Å². The summed E-state index contributed by atoms with van der Waals surface area (Å²) in [7, 11) is 0. The molecule has 2 N–H and O–H groups in total. The van der Waals surface area contributed by atoms with E-state index < -0.39 is 0 Å². The van der Waals surface area contributed by atoms with E-state index in [0.29, 0.717) is 22.7 Å². The summed E-state index contributed by atoms with van der Waals surface area (Å²) in [5.41, 5.74) is 0.483. The van der Waals surface area contributed by atoms with E-state index in [2.05, 4.69) is 29.1 Å². The van der Waals surface area contributed by atoms with Gasteiger partial charge in [0, 0.05) is 17.8 Å².